The van der Waals surface area contributed by atoms with Crippen molar-refractivity contribution in [1.29, 1.82) is 5.26 Å². The van der Waals surface area contributed by atoms with Crippen LogP contribution in [-0.4, -0.2) is 45.3 Å². The van der Waals surface area contributed by atoms with Gasteiger partial charge in [0.05, 0.1) is 28.9 Å². The predicted octanol–water partition coefficient (Wildman–Crippen LogP) is 5.88. The molecule has 3 aromatic heterocycles. The van der Waals surface area contributed by atoms with E-state index in [9.17, 15) is 5.26 Å². The molecule has 1 unspecified atom stereocenters. The highest BCUT2D eigenvalue weighted by Crippen LogP contribution is 2.39. The molecule has 4 aromatic rings. The number of hydrogen-bond donors (Lipinski definition) is 2. The topological polar surface area (TPSA) is 93.5 Å². The van der Waals surface area contributed by atoms with Crippen LogP contribution in [0.2, 0.25) is 0 Å². The van der Waals surface area contributed by atoms with Crippen molar-refractivity contribution in [3.8, 4) is 28.6 Å². The maximum absolute atomic E-state index is 9.48. The van der Waals surface area contributed by atoms with Gasteiger partial charge in [0.1, 0.15) is 11.2 Å². The molecule has 188 valence electrons. The Bertz CT molecular complexity index is 1460. The first kappa shape index (κ1) is 24.8. The number of pyridine rings is 2. The second-order valence-electron chi connectivity index (χ2n) is 9.55. The van der Waals surface area contributed by atoms with Gasteiger partial charge >= 0.3 is 0 Å². The molecular weight excluding hydrogens is 458 g/mol. The summed E-state index contributed by atoms with van der Waals surface area (Å²) in [5.41, 5.74) is 13.4. The number of nitriles is 1. The third kappa shape index (κ3) is 4.91. The van der Waals surface area contributed by atoms with Gasteiger partial charge in [-0.05, 0) is 67.3 Å². The Kier molecular flexibility index (Phi) is 7.40. The summed E-state index contributed by atoms with van der Waals surface area (Å²) in [6, 6.07) is 16.9. The standard InChI is InChI=1S/C27H25N7.C3H8/c1-29-34-13-11-17(12-14-34)23-8-6-19(16-30-23)26-27-25(32-33-26)10-9-24(31-27)22-4-2-3-20-18(15-28)5-7-21(20)22;1-3-2/h2-4,6,8-11,16,18,29H,5,7,12-14H2,1H3,(H,32,33);3H2,1-2H3. The second-order valence-corrected chi connectivity index (χ2v) is 9.55. The number of hydrogen-bond acceptors (Lipinski definition) is 6. The van der Waals surface area contributed by atoms with Gasteiger partial charge in [-0.15, -0.1) is 0 Å². The minimum atomic E-state index is -0.0201. The fraction of sp³-hybridized carbons (Fsp3) is 0.333. The molecule has 1 aliphatic carbocycles. The van der Waals surface area contributed by atoms with E-state index in [0.29, 0.717) is 0 Å². The predicted molar refractivity (Wildman–Crippen MR) is 148 cm³/mol. The number of benzene rings is 1. The number of aromatic amines is 1. The Morgan fingerprint density at radius 3 is 2.65 bits per heavy atom. The van der Waals surface area contributed by atoms with Crippen molar-refractivity contribution in [2.45, 2.75) is 45.4 Å². The lowest BCUT2D eigenvalue weighted by Gasteiger charge is -2.24. The second kappa shape index (κ2) is 11.0. The Morgan fingerprint density at radius 1 is 1.11 bits per heavy atom. The number of H-pyrrole nitrogens is 1. The molecule has 0 saturated heterocycles. The first-order chi connectivity index (χ1) is 18.2. The first-order valence-corrected chi connectivity index (χ1v) is 13.1. The van der Waals surface area contributed by atoms with E-state index in [1.807, 2.05) is 31.4 Å². The van der Waals surface area contributed by atoms with Gasteiger partial charge in [0.15, 0.2) is 0 Å². The maximum atomic E-state index is 9.48. The van der Waals surface area contributed by atoms with Gasteiger partial charge in [-0.1, -0.05) is 44.5 Å². The largest absolute Gasteiger partial charge is 0.276 e. The highest BCUT2D eigenvalue weighted by Gasteiger charge is 2.25. The SMILES string of the molecule is CCC.CNN1CC=C(c2ccc(-c3n[nH]c4ccc(-c5cccc6c5CCC6C#N)nc34)cn2)CC1. The average molecular weight is 492 g/mol. The molecule has 2 aliphatic rings. The van der Waals surface area contributed by atoms with Gasteiger partial charge in [-0.25, -0.2) is 9.99 Å². The van der Waals surface area contributed by atoms with Crippen LogP contribution < -0.4 is 5.43 Å². The van der Waals surface area contributed by atoms with Crippen LogP contribution in [0.5, 0.6) is 0 Å². The summed E-state index contributed by atoms with van der Waals surface area (Å²) in [6.45, 7) is 6.10. The lowest BCUT2D eigenvalue weighted by atomic mass is 9.97. The van der Waals surface area contributed by atoms with E-state index >= 15 is 0 Å². The summed E-state index contributed by atoms with van der Waals surface area (Å²) in [5, 5.41) is 19.3. The van der Waals surface area contributed by atoms with Crippen molar-refractivity contribution in [3.63, 3.8) is 0 Å². The first-order valence-electron chi connectivity index (χ1n) is 13.1. The van der Waals surface area contributed by atoms with E-state index in [0.717, 1.165) is 77.2 Å². The fourth-order valence-electron chi connectivity index (χ4n) is 5.11. The number of rotatable bonds is 4. The van der Waals surface area contributed by atoms with Crippen molar-refractivity contribution in [2.75, 3.05) is 20.1 Å². The molecular formula is C30H33N7. The molecule has 7 heteroatoms. The molecule has 1 aliphatic heterocycles. The quantitative estimate of drug-likeness (QED) is 0.370. The molecule has 0 bridgehead atoms. The Balaban J connectivity index is 0.000000892. The lowest BCUT2D eigenvalue weighted by Crippen LogP contribution is -2.38. The molecule has 7 nitrogen and oxygen atoms in total. The van der Waals surface area contributed by atoms with Gasteiger partial charge in [0.25, 0.3) is 0 Å². The van der Waals surface area contributed by atoms with Crippen LogP contribution in [-0.2, 0) is 6.42 Å². The monoisotopic (exact) mass is 491 g/mol. The summed E-state index contributed by atoms with van der Waals surface area (Å²) < 4.78 is 0. The van der Waals surface area contributed by atoms with Gasteiger partial charge in [0, 0.05) is 30.4 Å². The fourth-order valence-corrected chi connectivity index (χ4v) is 5.11. The van der Waals surface area contributed by atoms with Crippen molar-refractivity contribution < 1.29 is 0 Å². The van der Waals surface area contributed by atoms with E-state index in [4.69, 9.17) is 9.97 Å². The Hall–Kier alpha value is -3.86. The van der Waals surface area contributed by atoms with Crippen molar-refractivity contribution in [1.82, 2.24) is 30.6 Å². The minimum Gasteiger partial charge on any atom is -0.276 e. The molecule has 6 rings (SSSR count). The molecule has 0 amide bonds. The van der Waals surface area contributed by atoms with E-state index in [1.165, 1.54) is 17.6 Å². The van der Waals surface area contributed by atoms with E-state index in [1.54, 1.807) is 0 Å². The highest BCUT2D eigenvalue weighted by molar-refractivity contribution is 5.91. The molecule has 1 atom stereocenters. The molecule has 2 N–H and O–H groups in total. The number of nitrogens with one attached hydrogen (secondary N) is 2. The van der Waals surface area contributed by atoms with E-state index in [2.05, 4.69) is 70.9 Å². The number of nitrogens with zero attached hydrogens (tertiary/aromatic N) is 5. The number of aromatic nitrogens is 4. The van der Waals surface area contributed by atoms with Crippen LogP contribution in [0.15, 0.2) is 54.7 Å². The summed E-state index contributed by atoms with van der Waals surface area (Å²) in [7, 11) is 1.95. The number of hydrazine groups is 1. The van der Waals surface area contributed by atoms with Gasteiger partial charge in [0.2, 0.25) is 0 Å². The van der Waals surface area contributed by atoms with Gasteiger partial charge < -0.3 is 0 Å². The maximum Gasteiger partial charge on any atom is 0.120 e. The van der Waals surface area contributed by atoms with Crippen LogP contribution >= 0.6 is 0 Å². The highest BCUT2D eigenvalue weighted by atomic mass is 15.5. The van der Waals surface area contributed by atoms with Crippen LogP contribution in [0.25, 0.3) is 39.1 Å². The Labute approximate surface area is 218 Å². The molecule has 37 heavy (non-hydrogen) atoms. The molecule has 0 fully saturated rings. The third-order valence-electron chi connectivity index (χ3n) is 7.00. The summed E-state index contributed by atoms with van der Waals surface area (Å²) in [4.78, 5) is 9.75. The molecule has 1 aromatic carbocycles. The summed E-state index contributed by atoms with van der Waals surface area (Å²) >= 11 is 0. The van der Waals surface area contributed by atoms with Gasteiger partial charge in [-0.3, -0.25) is 15.5 Å². The lowest BCUT2D eigenvalue weighted by molar-refractivity contribution is 0.231. The number of fused-ring (bicyclic) bond motifs is 2. The molecule has 0 radical (unpaired) electrons. The molecule has 0 spiro atoms. The zero-order valence-corrected chi connectivity index (χ0v) is 21.8. The summed E-state index contributed by atoms with van der Waals surface area (Å²) in [5.74, 6) is -0.0201. The van der Waals surface area contributed by atoms with Crippen molar-refractivity contribution >= 4 is 16.6 Å². The zero-order chi connectivity index (χ0) is 25.8. The Morgan fingerprint density at radius 2 is 1.95 bits per heavy atom. The van der Waals surface area contributed by atoms with E-state index < -0.39 is 0 Å². The van der Waals surface area contributed by atoms with Crippen LogP contribution in [0.4, 0.5) is 0 Å². The summed E-state index contributed by atoms with van der Waals surface area (Å²) in [6.07, 6.45) is 8.13. The molecule has 0 saturated carbocycles. The minimum absolute atomic E-state index is 0.0201. The van der Waals surface area contributed by atoms with Gasteiger partial charge in [-0.2, -0.15) is 10.4 Å². The third-order valence-corrected chi connectivity index (χ3v) is 7.00. The van der Waals surface area contributed by atoms with E-state index in [-0.39, 0.29) is 5.92 Å². The van der Waals surface area contributed by atoms with Crippen molar-refractivity contribution in [3.05, 3.63) is 71.6 Å². The van der Waals surface area contributed by atoms with Crippen molar-refractivity contribution in [2.24, 2.45) is 0 Å². The van der Waals surface area contributed by atoms with Crippen LogP contribution in [0, 0.1) is 11.3 Å². The molecule has 4 heterocycles. The van der Waals surface area contributed by atoms with Crippen LogP contribution in [0.1, 0.15) is 55.8 Å². The van der Waals surface area contributed by atoms with Crippen LogP contribution in [0.3, 0.4) is 0 Å². The smallest absolute Gasteiger partial charge is 0.120 e. The normalized spacial score (nSPS) is 17.0. The zero-order valence-electron chi connectivity index (χ0n) is 21.8. The average Bonchev–Trinajstić information content (AvgIpc) is 3.57.